The van der Waals surface area contributed by atoms with Gasteiger partial charge in [-0.25, -0.2) is 0 Å². The Hall–Kier alpha value is -4.59. The normalized spacial score (nSPS) is 13.8. The summed E-state index contributed by atoms with van der Waals surface area (Å²) in [7, 11) is 2.62. The Balaban J connectivity index is -0.000000201. The van der Waals surface area contributed by atoms with Gasteiger partial charge >= 0.3 is 0 Å². The van der Waals surface area contributed by atoms with Gasteiger partial charge in [-0.15, -0.1) is 0 Å². The van der Waals surface area contributed by atoms with Crippen molar-refractivity contribution in [2.24, 2.45) is 0 Å². The van der Waals surface area contributed by atoms with Crippen LogP contribution in [0.3, 0.4) is 0 Å². The molecule has 0 amide bonds. The lowest BCUT2D eigenvalue weighted by molar-refractivity contribution is -0.112. The van der Waals surface area contributed by atoms with Gasteiger partial charge in [-0.05, 0) is 115 Å². The number of ether oxygens (including phenoxy) is 1. The number of hydrogen-bond acceptors (Lipinski definition) is 8. The summed E-state index contributed by atoms with van der Waals surface area (Å²) in [5, 5.41) is 34.7. The summed E-state index contributed by atoms with van der Waals surface area (Å²) in [6, 6.07) is 7.55. The number of carbonyl (C=O) groups excluding carboxylic acids is 3. The second-order valence-corrected chi connectivity index (χ2v) is 13.5. The largest absolute Gasteiger partial charge is 0.507 e. The van der Waals surface area contributed by atoms with Gasteiger partial charge in [0, 0.05) is 43.5 Å². The van der Waals surface area contributed by atoms with Crippen LogP contribution in [0.2, 0.25) is 0 Å². The molecule has 58 heavy (non-hydrogen) atoms. The molecule has 9 nitrogen and oxygen atoms in total. The highest BCUT2D eigenvalue weighted by atomic mass is 31.0. The van der Waals surface area contributed by atoms with Crippen molar-refractivity contribution in [2.45, 2.75) is 82.5 Å². The molecule has 0 fully saturated rings. The number of aromatic hydroxyl groups is 2. The number of ketones is 3. The summed E-state index contributed by atoms with van der Waals surface area (Å²) in [5.41, 5.74) is 12.8. The van der Waals surface area contributed by atoms with Crippen LogP contribution in [-0.4, -0.2) is 57.5 Å². The fourth-order valence-corrected chi connectivity index (χ4v) is 5.61. The molecule has 0 spiro atoms. The van der Waals surface area contributed by atoms with E-state index in [1.165, 1.54) is 0 Å². The van der Waals surface area contributed by atoms with E-state index >= 15 is 0 Å². The zero-order valence-corrected chi connectivity index (χ0v) is 39.5. The number of hydrogen-bond donors (Lipinski definition) is 4. The van der Waals surface area contributed by atoms with Crippen molar-refractivity contribution in [1.82, 2.24) is 0 Å². The Bertz CT molecular complexity index is 1850. The number of aryl methyl sites for hydroxylation is 4. The second kappa shape index (κ2) is 29.6. The number of rotatable bonds is 3. The molecule has 0 aromatic heterocycles. The number of benzene rings is 2. The molecule has 0 saturated heterocycles. The number of aliphatic hydroxyl groups is 2. The van der Waals surface area contributed by atoms with Gasteiger partial charge in [-0.3, -0.25) is 14.4 Å². The van der Waals surface area contributed by atoms with E-state index in [1.807, 2.05) is 106 Å². The Morgan fingerprint density at radius 3 is 1.07 bits per heavy atom. The molecule has 0 radical (unpaired) electrons. The summed E-state index contributed by atoms with van der Waals surface area (Å²) < 4.78 is 4.96. The van der Waals surface area contributed by atoms with Gasteiger partial charge in [0.15, 0.2) is 17.3 Å². The molecule has 2 aromatic carbocycles. The Morgan fingerprint density at radius 1 is 0.534 bits per heavy atom. The topological polar surface area (TPSA) is 173 Å². The zero-order valence-electron chi connectivity index (χ0n) is 36.6. The van der Waals surface area contributed by atoms with Gasteiger partial charge in [0.2, 0.25) is 0 Å². The predicted octanol–water partition coefficient (Wildman–Crippen LogP) is 8.86. The van der Waals surface area contributed by atoms with E-state index in [0.717, 1.165) is 68.4 Å². The Labute approximate surface area is 354 Å². The molecule has 0 bridgehead atoms. The fraction of sp³-hybridized carbons (Fsp3) is 0.298. The van der Waals surface area contributed by atoms with Gasteiger partial charge < -0.3 is 30.6 Å². The standard InChI is InChI=1S/C10H14O2.C9H12O2.3C9H10O.CH4O.H2O.2H3P.H2/c1-7-4-8(2)10(11)9(5-7)6-12-3;1-6-3-7(2)9(11)8(4-6)5-10;3*1-6-4-7(2)9(10)8(3)5-6;1-2;;;;/h4-5,11H,6H2,1-3H3;3-4,10-11H,5H2,1-2H3;3*4-5H,2H2,1,3H3;2H,1H3;1H2;2*1H3;1H/i;;;;;;;;;1+1. The van der Waals surface area contributed by atoms with E-state index in [-0.39, 0.29) is 56.4 Å². The van der Waals surface area contributed by atoms with Crippen LogP contribution >= 0.6 is 19.8 Å². The van der Waals surface area contributed by atoms with E-state index in [2.05, 4.69) is 19.7 Å². The first kappa shape index (κ1) is 60.1. The van der Waals surface area contributed by atoms with Crippen LogP contribution in [0.25, 0.3) is 0 Å². The third kappa shape index (κ3) is 20.2. The smallest absolute Gasteiger partial charge is 0.188 e. The molecule has 2 aromatic rings. The average Bonchev–Trinajstić information content (AvgIpc) is 3.10. The average molecular weight is 842 g/mol. The van der Waals surface area contributed by atoms with Gasteiger partial charge in [-0.2, -0.15) is 19.8 Å². The summed E-state index contributed by atoms with van der Waals surface area (Å²) in [5.74, 6) is 0.738. The molecule has 11 heteroatoms. The Morgan fingerprint density at radius 2 is 0.810 bits per heavy atom. The third-order valence-corrected chi connectivity index (χ3v) is 8.01. The maximum absolute atomic E-state index is 11.1. The van der Waals surface area contributed by atoms with Gasteiger partial charge in [-0.1, -0.05) is 90.1 Å². The lowest BCUT2D eigenvalue weighted by atomic mass is 9.97. The van der Waals surface area contributed by atoms with E-state index in [1.54, 1.807) is 31.4 Å². The maximum Gasteiger partial charge on any atom is 0.188 e. The number of allylic oxidation sites excluding steroid dienone is 15. The number of Topliss-reactive ketones (excluding diaryl/α,β-unsaturated/α-hetero) is 3. The third-order valence-electron chi connectivity index (χ3n) is 8.01. The molecule has 2 atom stereocenters. The van der Waals surface area contributed by atoms with E-state index in [0.29, 0.717) is 34.6 Å². The minimum absolute atomic E-state index is 0. The van der Waals surface area contributed by atoms with Crippen molar-refractivity contribution in [3.05, 3.63) is 164 Å². The minimum atomic E-state index is -0.103. The maximum atomic E-state index is 11.1. The molecule has 2 unspecified atom stereocenters. The van der Waals surface area contributed by atoms with Gasteiger partial charge in [0.1, 0.15) is 11.5 Å². The first-order valence-electron chi connectivity index (χ1n) is 17.6. The van der Waals surface area contributed by atoms with Crippen molar-refractivity contribution >= 4 is 37.1 Å². The van der Waals surface area contributed by atoms with Crippen LogP contribution in [0.4, 0.5) is 0 Å². The molecular formula is C47H70O9P2. The van der Waals surface area contributed by atoms with Crippen LogP contribution in [0.1, 0.15) is 76.3 Å². The monoisotopic (exact) mass is 841 g/mol. The molecule has 0 aliphatic heterocycles. The van der Waals surface area contributed by atoms with Gasteiger partial charge in [0.05, 0.1) is 13.2 Å². The van der Waals surface area contributed by atoms with Crippen LogP contribution < -0.4 is 0 Å². The van der Waals surface area contributed by atoms with E-state index in [9.17, 15) is 24.6 Å². The van der Waals surface area contributed by atoms with E-state index in [4.69, 9.17) is 14.9 Å². The molecule has 322 valence electrons. The first-order valence-corrected chi connectivity index (χ1v) is 17.6. The number of aliphatic hydroxyl groups excluding tert-OH is 2. The van der Waals surface area contributed by atoms with Crippen LogP contribution in [0.15, 0.2) is 131 Å². The number of phenolic OH excluding ortho intramolecular Hbond substituents is 1. The van der Waals surface area contributed by atoms with Crippen molar-refractivity contribution < 1.29 is 46.4 Å². The van der Waals surface area contributed by atoms with Crippen molar-refractivity contribution in [2.75, 3.05) is 14.2 Å². The van der Waals surface area contributed by atoms with Crippen LogP contribution in [-0.2, 0) is 32.3 Å². The molecular weight excluding hydrogens is 770 g/mol. The summed E-state index contributed by atoms with van der Waals surface area (Å²) in [6.07, 6.45) is 11.0. The molecule has 3 aliphatic rings. The quantitative estimate of drug-likeness (QED) is 0.175. The SMILES string of the molecule is C=C1C=C(C)C=C(C)C1=O.C=C1C=C(C)C=C(C)C1=O.C=C1C=C(C)C=C(C)C1=O.CO.COCc1cc(C)cc(C)c1O.Cc1cc(C)c(O)c(CO)c1.O.P.P.[2HH]. The second-order valence-electron chi connectivity index (χ2n) is 13.5. The van der Waals surface area contributed by atoms with Crippen LogP contribution in [0, 0.1) is 27.7 Å². The number of methoxy groups -OCH3 is 1. The van der Waals surface area contributed by atoms with Gasteiger partial charge in [0.25, 0.3) is 0 Å². The molecule has 0 saturated carbocycles. The van der Waals surface area contributed by atoms with Crippen molar-refractivity contribution in [1.29, 1.82) is 0 Å². The number of phenols is 2. The lowest BCUT2D eigenvalue weighted by Crippen LogP contribution is -2.05. The highest BCUT2D eigenvalue weighted by molar-refractivity contribution is 6.92. The summed E-state index contributed by atoms with van der Waals surface area (Å²) in [6.45, 7) is 30.2. The molecule has 6 N–H and O–H groups in total. The highest BCUT2D eigenvalue weighted by Gasteiger charge is 2.13. The number of carbonyl (C=O) groups is 3. The molecule has 3 aliphatic carbocycles. The zero-order chi connectivity index (χ0) is 42.7. The molecule has 5 rings (SSSR count). The van der Waals surface area contributed by atoms with Crippen molar-refractivity contribution in [3.8, 4) is 11.5 Å². The first-order chi connectivity index (χ1) is 25.6. The van der Waals surface area contributed by atoms with E-state index < -0.39 is 0 Å². The van der Waals surface area contributed by atoms with Crippen molar-refractivity contribution in [3.63, 3.8) is 0 Å². The minimum Gasteiger partial charge on any atom is -0.507 e. The molecule has 0 heterocycles. The highest BCUT2D eigenvalue weighted by Crippen LogP contribution is 2.25. The Kier molecular flexibility index (Phi) is 30.7. The summed E-state index contributed by atoms with van der Waals surface area (Å²) >= 11 is 0. The predicted molar refractivity (Wildman–Crippen MR) is 253 cm³/mol. The lowest BCUT2D eigenvalue weighted by Gasteiger charge is -2.07. The summed E-state index contributed by atoms with van der Waals surface area (Å²) in [4.78, 5) is 33.2. The van der Waals surface area contributed by atoms with Crippen LogP contribution in [0.5, 0.6) is 11.5 Å². The fourth-order valence-electron chi connectivity index (χ4n) is 5.61.